The number of aromatic nitrogens is 2. The van der Waals surface area contributed by atoms with Crippen molar-refractivity contribution < 1.29 is 0 Å². The molecule has 0 fully saturated rings. The molecule has 0 atom stereocenters. The molecule has 2 aromatic rings. The van der Waals surface area contributed by atoms with Gasteiger partial charge in [0.1, 0.15) is 12.1 Å². The van der Waals surface area contributed by atoms with Crippen LogP contribution in [0.25, 0.3) is 11.3 Å². The smallest absolute Gasteiger partial charge is 0.127 e. The van der Waals surface area contributed by atoms with Gasteiger partial charge in [0.25, 0.3) is 0 Å². The summed E-state index contributed by atoms with van der Waals surface area (Å²) < 4.78 is 0. The highest BCUT2D eigenvalue weighted by atomic mass is 14.9. The average molecular weight is 211 g/mol. The molecule has 2 N–H and O–H groups in total. The number of benzene rings is 1. The number of nitrogen functional groups attached to an aromatic ring is 1. The maximum atomic E-state index is 5.66. The Kier molecular flexibility index (Phi) is 2.10. The molecule has 0 unspecified atom stereocenters. The highest BCUT2D eigenvalue weighted by Gasteiger charge is 2.11. The first kappa shape index (κ1) is 9.33. The molecule has 80 valence electrons. The largest absolute Gasteiger partial charge is 0.384 e. The quantitative estimate of drug-likeness (QED) is 0.786. The van der Waals surface area contributed by atoms with Crippen LogP contribution in [-0.4, -0.2) is 9.97 Å². The van der Waals surface area contributed by atoms with E-state index in [2.05, 4.69) is 28.2 Å². The predicted octanol–water partition coefficient (Wildman–Crippen LogP) is 2.21. The number of rotatable bonds is 1. The lowest BCUT2D eigenvalue weighted by Gasteiger charge is -2.04. The number of anilines is 1. The Morgan fingerprint density at radius 2 is 1.88 bits per heavy atom. The first-order valence-corrected chi connectivity index (χ1v) is 5.52. The predicted molar refractivity (Wildman–Crippen MR) is 63.9 cm³/mol. The fourth-order valence-electron chi connectivity index (χ4n) is 2.26. The maximum absolute atomic E-state index is 5.66. The molecule has 1 aromatic heterocycles. The van der Waals surface area contributed by atoms with Crippen molar-refractivity contribution in [3.05, 3.63) is 41.7 Å². The van der Waals surface area contributed by atoms with E-state index in [-0.39, 0.29) is 0 Å². The fourth-order valence-corrected chi connectivity index (χ4v) is 2.26. The molecular formula is C13H13N3. The normalized spacial score (nSPS) is 13.8. The third kappa shape index (κ3) is 1.54. The van der Waals surface area contributed by atoms with Crippen LogP contribution in [-0.2, 0) is 12.8 Å². The molecule has 3 heteroatoms. The van der Waals surface area contributed by atoms with Gasteiger partial charge in [-0.25, -0.2) is 9.97 Å². The van der Waals surface area contributed by atoms with Gasteiger partial charge >= 0.3 is 0 Å². The van der Waals surface area contributed by atoms with Crippen molar-refractivity contribution in [1.82, 2.24) is 9.97 Å². The summed E-state index contributed by atoms with van der Waals surface area (Å²) in [5, 5.41) is 0. The second kappa shape index (κ2) is 3.59. The van der Waals surface area contributed by atoms with E-state index >= 15 is 0 Å². The van der Waals surface area contributed by atoms with Crippen LogP contribution in [0.15, 0.2) is 30.6 Å². The molecule has 1 aliphatic rings. The van der Waals surface area contributed by atoms with Gasteiger partial charge in [-0.15, -0.1) is 0 Å². The SMILES string of the molecule is Nc1cc(-c2ccc3c(c2)CCC3)ncn1. The Morgan fingerprint density at radius 1 is 1.00 bits per heavy atom. The molecule has 16 heavy (non-hydrogen) atoms. The van der Waals surface area contributed by atoms with Crippen LogP contribution in [0.5, 0.6) is 0 Å². The lowest BCUT2D eigenvalue weighted by Crippen LogP contribution is -1.93. The summed E-state index contributed by atoms with van der Waals surface area (Å²) in [6.07, 6.45) is 5.17. The number of nitrogens with two attached hydrogens (primary N) is 1. The molecule has 0 saturated heterocycles. The highest BCUT2D eigenvalue weighted by molar-refractivity contribution is 5.63. The molecular weight excluding hydrogens is 198 g/mol. The summed E-state index contributed by atoms with van der Waals surface area (Å²) in [6.45, 7) is 0. The Bertz CT molecular complexity index is 534. The van der Waals surface area contributed by atoms with E-state index in [0.29, 0.717) is 5.82 Å². The number of nitrogens with zero attached hydrogens (tertiary/aromatic N) is 2. The van der Waals surface area contributed by atoms with Gasteiger partial charge in [0.2, 0.25) is 0 Å². The summed E-state index contributed by atoms with van der Waals surface area (Å²) >= 11 is 0. The van der Waals surface area contributed by atoms with Gasteiger partial charge < -0.3 is 5.73 Å². The molecule has 0 amide bonds. The molecule has 0 saturated carbocycles. The van der Waals surface area contributed by atoms with Gasteiger partial charge in [0, 0.05) is 11.6 Å². The third-order valence-corrected chi connectivity index (χ3v) is 3.08. The van der Waals surface area contributed by atoms with Crippen molar-refractivity contribution in [2.75, 3.05) is 5.73 Å². The maximum Gasteiger partial charge on any atom is 0.127 e. The lowest BCUT2D eigenvalue weighted by atomic mass is 10.0. The summed E-state index contributed by atoms with van der Waals surface area (Å²) in [4.78, 5) is 8.15. The standard InChI is InChI=1S/C13H13N3/c14-13-7-12(15-8-16-13)11-5-4-9-2-1-3-10(9)6-11/h4-8H,1-3H2,(H2,14,15,16). The Labute approximate surface area is 94.4 Å². The molecule has 0 aliphatic heterocycles. The van der Waals surface area contributed by atoms with Crippen LogP contribution in [0.2, 0.25) is 0 Å². The first-order valence-electron chi connectivity index (χ1n) is 5.52. The molecule has 3 nitrogen and oxygen atoms in total. The number of fused-ring (bicyclic) bond motifs is 1. The van der Waals surface area contributed by atoms with Crippen molar-refractivity contribution in [3.63, 3.8) is 0 Å². The number of hydrogen-bond acceptors (Lipinski definition) is 3. The van der Waals surface area contributed by atoms with Crippen molar-refractivity contribution >= 4 is 5.82 Å². The van der Waals surface area contributed by atoms with E-state index in [1.54, 1.807) is 0 Å². The molecule has 1 heterocycles. The summed E-state index contributed by atoms with van der Waals surface area (Å²) in [6, 6.07) is 8.36. The van der Waals surface area contributed by atoms with Gasteiger partial charge in [-0.3, -0.25) is 0 Å². The van der Waals surface area contributed by atoms with Crippen LogP contribution in [0, 0.1) is 0 Å². The van der Waals surface area contributed by atoms with E-state index in [1.807, 2.05) is 6.07 Å². The Morgan fingerprint density at radius 3 is 2.75 bits per heavy atom. The van der Waals surface area contributed by atoms with E-state index < -0.39 is 0 Å². The zero-order chi connectivity index (χ0) is 11.0. The Balaban J connectivity index is 2.07. The highest BCUT2D eigenvalue weighted by Crippen LogP contribution is 2.27. The zero-order valence-electron chi connectivity index (χ0n) is 8.98. The van der Waals surface area contributed by atoms with E-state index in [1.165, 1.54) is 36.7 Å². The van der Waals surface area contributed by atoms with E-state index in [4.69, 9.17) is 5.73 Å². The van der Waals surface area contributed by atoms with Crippen LogP contribution in [0.4, 0.5) is 5.82 Å². The summed E-state index contributed by atoms with van der Waals surface area (Å²) in [7, 11) is 0. The van der Waals surface area contributed by atoms with Gasteiger partial charge in [-0.05, 0) is 36.5 Å². The lowest BCUT2D eigenvalue weighted by molar-refractivity contribution is 0.912. The van der Waals surface area contributed by atoms with Gasteiger partial charge in [-0.2, -0.15) is 0 Å². The third-order valence-electron chi connectivity index (χ3n) is 3.08. The number of aryl methyl sites for hydroxylation is 2. The topological polar surface area (TPSA) is 51.8 Å². The van der Waals surface area contributed by atoms with E-state index in [9.17, 15) is 0 Å². The molecule has 1 aliphatic carbocycles. The zero-order valence-corrected chi connectivity index (χ0v) is 8.98. The van der Waals surface area contributed by atoms with Crippen molar-refractivity contribution in [2.45, 2.75) is 19.3 Å². The minimum Gasteiger partial charge on any atom is -0.384 e. The van der Waals surface area contributed by atoms with Gasteiger partial charge in [0.15, 0.2) is 0 Å². The monoisotopic (exact) mass is 211 g/mol. The molecule has 1 aromatic carbocycles. The van der Waals surface area contributed by atoms with Crippen molar-refractivity contribution in [1.29, 1.82) is 0 Å². The van der Waals surface area contributed by atoms with Crippen molar-refractivity contribution in [2.24, 2.45) is 0 Å². The van der Waals surface area contributed by atoms with E-state index in [0.717, 1.165) is 11.3 Å². The molecule has 0 spiro atoms. The summed E-state index contributed by atoms with van der Waals surface area (Å²) in [5.74, 6) is 0.519. The van der Waals surface area contributed by atoms with Crippen molar-refractivity contribution in [3.8, 4) is 11.3 Å². The van der Waals surface area contributed by atoms with Gasteiger partial charge in [-0.1, -0.05) is 12.1 Å². The van der Waals surface area contributed by atoms with Crippen LogP contribution >= 0.6 is 0 Å². The minimum atomic E-state index is 0.519. The second-order valence-electron chi connectivity index (χ2n) is 4.17. The number of hydrogen-bond donors (Lipinski definition) is 1. The second-order valence-corrected chi connectivity index (χ2v) is 4.17. The minimum absolute atomic E-state index is 0.519. The fraction of sp³-hybridized carbons (Fsp3) is 0.231. The Hall–Kier alpha value is -1.90. The van der Waals surface area contributed by atoms with Crippen LogP contribution < -0.4 is 5.73 Å². The molecule has 3 rings (SSSR count). The van der Waals surface area contributed by atoms with Crippen LogP contribution in [0.3, 0.4) is 0 Å². The van der Waals surface area contributed by atoms with Crippen LogP contribution in [0.1, 0.15) is 17.5 Å². The van der Waals surface area contributed by atoms with Gasteiger partial charge in [0.05, 0.1) is 5.69 Å². The first-order chi connectivity index (χ1) is 7.83. The molecule has 0 bridgehead atoms. The molecule has 0 radical (unpaired) electrons. The average Bonchev–Trinajstić information content (AvgIpc) is 2.75. The summed E-state index contributed by atoms with van der Waals surface area (Å²) in [5.41, 5.74) is 10.6.